The second kappa shape index (κ2) is 6.79. The SMILES string of the molecule is Cc1ccc(C(=O)N(C)[C@@H]2COCc3[nH]c(=O)c4cc(F)c(F)cc4c32)cn1. The summed E-state index contributed by atoms with van der Waals surface area (Å²) in [5.74, 6) is -2.45. The normalized spacial score (nSPS) is 16.1. The largest absolute Gasteiger partial charge is 0.373 e. The molecule has 0 saturated heterocycles. The average Bonchev–Trinajstić information content (AvgIpc) is 2.68. The van der Waals surface area contributed by atoms with Crippen LogP contribution >= 0.6 is 0 Å². The highest BCUT2D eigenvalue weighted by atomic mass is 19.2. The molecule has 6 nitrogen and oxygen atoms in total. The van der Waals surface area contributed by atoms with E-state index < -0.39 is 23.2 Å². The molecule has 0 unspecified atom stereocenters. The first kappa shape index (κ1) is 18.2. The number of benzene rings is 1. The number of halogens is 2. The summed E-state index contributed by atoms with van der Waals surface area (Å²) in [5.41, 5.74) is 1.64. The highest BCUT2D eigenvalue weighted by Crippen LogP contribution is 2.34. The van der Waals surface area contributed by atoms with Crippen molar-refractivity contribution in [1.29, 1.82) is 0 Å². The fraction of sp³-hybridized carbons (Fsp3) is 0.250. The zero-order chi connectivity index (χ0) is 20.0. The van der Waals surface area contributed by atoms with Gasteiger partial charge in [0.1, 0.15) is 0 Å². The first-order valence-electron chi connectivity index (χ1n) is 8.68. The first-order valence-corrected chi connectivity index (χ1v) is 8.68. The van der Waals surface area contributed by atoms with Crippen LogP contribution in [-0.4, -0.2) is 34.4 Å². The Hall–Kier alpha value is -3.13. The molecule has 3 aromatic rings. The molecule has 1 aliphatic heterocycles. The van der Waals surface area contributed by atoms with Crippen molar-refractivity contribution in [2.24, 2.45) is 0 Å². The highest BCUT2D eigenvalue weighted by Gasteiger charge is 2.31. The van der Waals surface area contributed by atoms with Gasteiger partial charge in [0.15, 0.2) is 11.6 Å². The number of nitrogens with one attached hydrogen (secondary N) is 1. The van der Waals surface area contributed by atoms with Crippen molar-refractivity contribution in [2.75, 3.05) is 13.7 Å². The van der Waals surface area contributed by atoms with Gasteiger partial charge in [0, 0.05) is 30.2 Å². The van der Waals surface area contributed by atoms with Gasteiger partial charge in [-0.2, -0.15) is 0 Å². The number of ether oxygens (including phenoxy) is 1. The molecular weight excluding hydrogens is 368 g/mol. The van der Waals surface area contributed by atoms with Crippen molar-refractivity contribution in [3.63, 3.8) is 0 Å². The van der Waals surface area contributed by atoms with Gasteiger partial charge in [-0.3, -0.25) is 14.6 Å². The zero-order valence-corrected chi connectivity index (χ0v) is 15.3. The van der Waals surface area contributed by atoms with Gasteiger partial charge in [0.25, 0.3) is 11.5 Å². The van der Waals surface area contributed by atoms with Crippen LogP contribution < -0.4 is 5.56 Å². The van der Waals surface area contributed by atoms with Crippen LogP contribution in [0.1, 0.15) is 33.4 Å². The van der Waals surface area contributed by atoms with E-state index in [4.69, 9.17) is 4.74 Å². The van der Waals surface area contributed by atoms with Crippen LogP contribution in [0.15, 0.2) is 35.3 Å². The lowest BCUT2D eigenvalue weighted by Crippen LogP contribution is -2.37. The molecule has 0 aliphatic carbocycles. The number of rotatable bonds is 2. The van der Waals surface area contributed by atoms with E-state index in [0.717, 1.165) is 17.8 Å². The molecular formula is C20H17F2N3O3. The third-order valence-corrected chi connectivity index (χ3v) is 4.99. The number of hydrogen-bond acceptors (Lipinski definition) is 4. The minimum atomic E-state index is -1.10. The van der Waals surface area contributed by atoms with E-state index >= 15 is 0 Å². The molecule has 1 aliphatic rings. The van der Waals surface area contributed by atoms with E-state index in [1.54, 1.807) is 19.2 Å². The fourth-order valence-corrected chi connectivity index (χ4v) is 3.49. The van der Waals surface area contributed by atoms with E-state index in [1.807, 2.05) is 6.92 Å². The Bertz CT molecular complexity index is 1140. The van der Waals surface area contributed by atoms with Crippen LogP contribution in [0.2, 0.25) is 0 Å². The van der Waals surface area contributed by atoms with E-state index in [-0.39, 0.29) is 29.9 Å². The average molecular weight is 385 g/mol. The standard InChI is InChI=1S/C20H17F2N3O3/c1-10-3-4-11(7-23-10)20(27)25(2)17-9-28-8-16-18(17)12-5-14(21)15(22)6-13(12)19(26)24-16/h3-7,17H,8-9H2,1-2H3,(H,24,26)/t17-/m1/s1. The van der Waals surface area contributed by atoms with Crippen LogP contribution in [-0.2, 0) is 11.3 Å². The number of aryl methyl sites for hydroxylation is 1. The smallest absolute Gasteiger partial charge is 0.256 e. The lowest BCUT2D eigenvalue weighted by molar-refractivity contribution is 0.0335. The van der Waals surface area contributed by atoms with Gasteiger partial charge in [-0.25, -0.2) is 8.78 Å². The van der Waals surface area contributed by atoms with E-state index in [2.05, 4.69) is 9.97 Å². The maximum absolute atomic E-state index is 13.9. The van der Waals surface area contributed by atoms with E-state index in [0.29, 0.717) is 16.8 Å². The zero-order valence-electron chi connectivity index (χ0n) is 15.3. The number of carbonyl (C=O) groups is 1. The highest BCUT2D eigenvalue weighted by molar-refractivity contribution is 5.95. The van der Waals surface area contributed by atoms with E-state index in [9.17, 15) is 18.4 Å². The third kappa shape index (κ3) is 2.95. The predicted octanol–water partition coefficient (Wildman–Crippen LogP) is 2.85. The number of amides is 1. The van der Waals surface area contributed by atoms with Gasteiger partial charge in [-0.05, 0) is 36.6 Å². The number of hydrogen-bond donors (Lipinski definition) is 1. The Morgan fingerprint density at radius 3 is 2.64 bits per heavy atom. The van der Waals surface area contributed by atoms with Gasteiger partial charge < -0.3 is 14.6 Å². The van der Waals surface area contributed by atoms with Crippen LogP contribution in [0.25, 0.3) is 10.8 Å². The molecule has 144 valence electrons. The van der Waals surface area contributed by atoms with Gasteiger partial charge in [-0.15, -0.1) is 0 Å². The van der Waals surface area contributed by atoms with Gasteiger partial charge in [0.05, 0.1) is 30.2 Å². The summed E-state index contributed by atoms with van der Waals surface area (Å²) >= 11 is 0. The van der Waals surface area contributed by atoms with Gasteiger partial charge >= 0.3 is 0 Å². The van der Waals surface area contributed by atoms with Crippen molar-refractivity contribution >= 4 is 16.7 Å². The molecule has 3 heterocycles. The molecule has 1 amide bonds. The van der Waals surface area contributed by atoms with Crippen LogP contribution in [0, 0.1) is 18.6 Å². The minimum Gasteiger partial charge on any atom is -0.373 e. The number of pyridine rings is 2. The van der Waals surface area contributed by atoms with Gasteiger partial charge in [0.2, 0.25) is 0 Å². The first-order chi connectivity index (χ1) is 13.4. The molecule has 1 atom stereocenters. The van der Waals surface area contributed by atoms with Crippen LogP contribution in [0.3, 0.4) is 0 Å². The summed E-state index contributed by atoms with van der Waals surface area (Å²) in [7, 11) is 1.60. The molecule has 1 N–H and O–H groups in total. The molecule has 0 bridgehead atoms. The summed E-state index contributed by atoms with van der Waals surface area (Å²) in [5, 5.41) is 0.301. The third-order valence-electron chi connectivity index (χ3n) is 4.99. The topological polar surface area (TPSA) is 75.3 Å². The molecule has 0 spiro atoms. The van der Waals surface area contributed by atoms with Gasteiger partial charge in [-0.1, -0.05) is 0 Å². The second-order valence-electron chi connectivity index (χ2n) is 6.79. The number of nitrogens with zero attached hydrogens (tertiary/aromatic N) is 2. The molecule has 2 aromatic heterocycles. The van der Waals surface area contributed by atoms with Crippen molar-refractivity contribution < 1.29 is 18.3 Å². The Morgan fingerprint density at radius 1 is 1.25 bits per heavy atom. The fourth-order valence-electron chi connectivity index (χ4n) is 3.49. The minimum absolute atomic E-state index is 0.0300. The Kier molecular flexibility index (Phi) is 4.43. The summed E-state index contributed by atoms with van der Waals surface area (Å²) in [6.45, 7) is 2.10. The lowest BCUT2D eigenvalue weighted by atomic mass is 9.95. The van der Waals surface area contributed by atoms with Crippen molar-refractivity contribution in [1.82, 2.24) is 14.9 Å². The second-order valence-corrected chi connectivity index (χ2v) is 6.79. The maximum atomic E-state index is 13.9. The monoisotopic (exact) mass is 385 g/mol. The maximum Gasteiger partial charge on any atom is 0.256 e. The molecule has 4 rings (SSSR count). The number of likely N-dealkylation sites (N-methyl/N-ethyl adjacent to an activating group) is 1. The molecule has 1 aromatic carbocycles. The van der Waals surface area contributed by atoms with Crippen molar-refractivity contribution in [3.05, 3.63) is 75.0 Å². The molecule has 0 fully saturated rings. The number of fused-ring (bicyclic) bond motifs is 3. The Labute approximate surface area is 158 Å². The summed E-state index contributed by atoms with van der Waals surface area (Å²) in [4.78, 5) is 33.5. The van der Waals surface area contributed by atoms with Crippen molar-refractivity contribution in [2.45, 2.75) is 19.6 Å². The van der Waals surface area contributed by atoms with Crippen LogP contribution in [0.5, 0.6) is 0 Å². The number of aromatic amines is 1. The van der Waals surface area contributed by atoms with E-state index in [1.165, 1.54) is 11.1 Å². The summed E-state index contributed by atoms with van der Waals surface area (Å²) in [6, 6.07) is 4.70. The molecule has 0 saturated carbocycles. The Morgan fingerprint density at radius 2 is 1.96 bits per heavy atom. The van der Waals surface area contributed by atoms with Crippen LogP contribution in [0.4, 0.5) is 8.78 Å². The molecule has 8 heteroatoms. The number of H-pyrrole nitrogens is 1. The molecule has 0 radical (unpaired) electrons. The Balaban J connectivity index is 1.84. The predicted molar refractivity (Wildman–Crippen MR) is 97.9 cm³/mol. The van der Waals surface area contributed by atoms with Crippen molar-refractivity contribution in [3.8, 4) is 0 Å². The quantitative estimate of drug-likeness (QED) is 0.736. The summed E-state index contributed by atoms with van der Waals surface area (Å²) in [6.07, 6.45) is 1.48. The summed E-state index contributed by atoms with van der Waals surface area (Å²) < 4.78 is 33.2. The number of carbonyl (C=O) groups excluding carboxylic acids is 1. The number of aromatic nitrogens is 2. The lowest BCUT2D eigenvalue weighted by Gasteiger charge is -2.33. The molecule has 28 heavy (non-hydrogen) atoms.